The summed E-state index contributed by atoms with van der Waals surface area (Å²) in [5, 5.41) is 0. The minimum Gasteiger partial charge on any atom is -0.0651 e. The maximum atomic E-state index is 2.42. The van der Waals surface area contributed by atoms with Gasteiger partial charge in [0, 0.05) is 1.43 Å². The summed E-state index contributed by atoms with van der Waals surface area (Å²) in [4.78, 5) is 0. The van der Waals surface area contributed by atoms with Crippen molar-refractivity contribution in [3.8, 4) is 0 Å². The summed E-state index contributed by atoms with van der Waals surface area (Å²) in [5.41, 5.74) is 4.73. The average molecular weight is 289 g/mol. The lowest BCUT2D eigenvalue weighted by Gasteiger charge is -2.23. The average Bonchev–Trinajstić information content (AvgIpc) is 2.55. The van der Waals surface area contributed by atoms with Gasteiger partial charge < -0.3 is 0 Å². The molecule has 0 aromatic heterocycles. The van der Waals surface area contributed by atoms with Crippen molar-refractivity contribution < 1.29 is 1.43 Å². The van der Waals surface area contributed by atoms with Crippen molar-refractivity contribution in [2.24, 2.45) is 11.8 Å². The molecule has 21 heavy (non-hydrogen) atoms. The molecule has 0 spiro atoms. The van der Waals surface area contributed by atoms with Crippen LogP contribution in [0.15, 0.2) is 18.2 Å². The van der Waals surface area contributed by atoms with Gasteiger partial charge in [-0.15, -0.1) is 0 Å². The minimum absolute atomic E-state index is 0. The molecule has 1 aromatic rings. The van der Waals surface area contributed by atoms with E-state index in [0.717, 1.165) is 11.8 Å². The van der Waals surface area contributed by atoms with Crippen LogP contribution in [0.4, 0.5) is 0 Å². The Morgan fingerprint density at radius 2 is 1.76 bits per heavy atom. The first-order chi connectivity index (χ1) is 10.2. The van der Waals surface area contributed by atoms with Crippen LogP contribution in [-0.4, -0.2) is 0 Å². The van der Waals surface area contributed by atoms with E-state index in [9.17, 15) is 0 Å². The van der Waals surface area contributed by atoms with Gasteiger partial charge in [-0.05, 0) is 54.2 Å². The largest absolute Gasteiger partial charge is 0.0651 e. The third-order valence-electron chi connectivity index (χ3n) is 5.48. The van der Waals surface area contributed by atoms with E-state index in [1.165, 1.54) is 69.8 Å². The van der Waals surface area contributed by atoms with Crippen LogP contribution in [-0.2, 0) is 19.3 Å². The first kappa shape index (κ1) is 16.6. The molecular weight excluding hydrogens is 252 g/mol. The van der Waals surface area contributed by atoms with E-state index in [1.54, 1.807) is 11.1 Å². The fraction of sp³-hybridized carbons (Fsp3) is 0.714. The predicted molar refractivity (Wildman–Crippen MR) is 96.0 cm³/mol. The second-order valence-corrected chi connectivity index (χ2v) is 7.22. The van der Waals surface area contributed by atoms with Gasteiger partial charge >= 0.3 is 0 Å². The van der Waals surface area contributed by atoms with Gasteiger partial charge in [0.05, 0.1) is 0 Å². The van der Waals surface area contributed by atoms with Crippen molar-refractivity contribution in [1.82, 2.24) is 0 Å². The smallest absolute Gasteiger partial charge is 0 e. The highest BCUT2D eigenvalue weighted by Crippen LogP contribution is 2.28. The molecule has 3 rings (SSSR count). The molecule has 1 aromatic carbocycles. The summed E-state index contributed by atoms with van der Waals surface area (Å²) in [7, 11) is 0. The van der Waals surface area contributed by atoms with Gasteiger partial charge in [-0.1, -0.05) is 77.5 Å². The molecule has 0 nitrogen and oxygen atoms in total. The number of hydrogen-bond acceptors (Lipinski definition) is 0. The SMILES string of the molecule is CC1CCCCC1.CCc1ccc2c(c1)CC[C@H](CC)C2.[HH]. The highest BCUT2D eigenvalue weighted by atomic mass is 14.2. The van der Waals surface area contributed by atoms with Gasteiger partial charge in [0.15, 0.2) is 0 Å². The number of benzene rings is 1. The normalized spacial score (nSPS) is 22.1. The van der Waals surface area contributed by atoms with Gasteiger partial charge in [-0.25, -0.2) is 0 Å². The van der Waals surface area contributed by atoms with Crippen LogP contribution in [0.3, 0.4) is 0 Å². The fourth-order valence-electron chi connectivity index (χ4n) is 3.76. The molecule has 1 saturated carbocycles. The highest BCUT2D eigenvalue weighted by Gasteiger charge is 2.16. The fourth-order valence-corrected chi connectivity index (χ4v) is 3.76. The van der Waals surface area contributed by atoms with Crippen molar-refractivity contribution in [3.05, 3.63) is 34.9 Å². The summed E-state index contributed by atoms with van der Waals surface area (Å²) in [5.74, 6) is 1.98. The lowest BCUT2D eigenvalue weighted by atomic mass is 9.82. The molecule has 0 bridgehead atoms. The second kappa shape index (κ2) is 8.61. The molecule has 0 heteroatoms. The van der Waals surface area contributed by atoms with Crippen LogP contribution in [0.25, 0.3) is 0 Å². The van der Waals surface area contributed by atoms with Crippen LogP contribution < -0.4 is 0 Å². The lowest BCUT2D eigenvalue weighted by Crippen LogP contribution is -2.13. The highest BCUT2D eigenvalue weighted by molar-refractivity contribution is 5.34. The molecule has 2 aliphatic rings. The van der Waals surface area contributed by atoms with E-state index < -0.39 is 0 Å². The summed E-state index contributed by atoms with van der Waals surface area (Å²) >= 11 is 0. The van der Waals surface area contributed by atoms with Crippen molar-refractivity contribution in [2.45, 2.75) is 85.0 Å². The van der Waals surface area contributed by atoms with Crippen LogP contribution >= 0.6 is 0 Å². The quantitative estimate of drug-likeness (QED) is 0.575. The van der Waals surface area contributed by atoms with E-state index >= 15 is 0 Å². The Hall–Kier alpha value is -0.780. The predicted octanol–water partition coefficient (Wildman–Crippen LogP) is 6.60. The zero-order chi connectivity index (χ0) is 15.1. The van der Waals surface area contributed by atoms with Crippen LogP contribution in [0.2, 0.25) is 0 Å². The first-order valence-electron chi connectivity index (χ1n) is 9.33. The Bertz CT molecular complexity index is 418. The molecule has 0 aliphatic heterocycles. The molecule has 2 aliphatic carbocycles. The number of aryl methyl sites for hydroxylation is 2. The Morgan fingerprint density at radius 3 is 2.33 bits per heavy atom. The standard InChI is InChI=1S/C14H20.C7H14.H2/c1-3-11-5-7-14-10-12(4-2)6-8-13(14)9-11;1-7-5-3-2-4-6-7;/h5,7,9,12H,3-4,6,8,10H2,1-2H3;7H,2-6H2,1H3;1H/t12-;;/m0../s1. The molecule has 1 atom stereocenters. The monoisotopic (exact) mass is 288 g/mol. The Balaban J connectivity index is 0.000000258. The van der Waals surface area contributed by atoms with Gasteiger partial charge in [-0.3, -0.25) is 0 Å². The summed E-state index contributed by atoms with van der Waals surface area (Å²) < 4.78 is 0. The molecule has 0 radical (unpaired) electrons. The lowest BCUT2D eigenvalue weighted by molar-refractivity contribution is 0.385. The van der Waals surface area contributed by atoms with Gasteiger partial charge in [0.1, 0.15) is 0 Å². The van der Waals surface area contributed by atoms with Gasteiger partial charge in [0.2, 0.25) is 0 Å². The topological polar surface area (TPSA) is 0 Å². The first-order valence-corrected chi connectivity index (χ1v) is 9.33. The number of fused-ring (bicyclic) bond motifs is 1. The molecule has 1 fully saturated rings. The molecule has 0 amide bonds. The molecule has 0 unspecified atom stereocenters. The maximum absolute atomic E-state index is 2.42. The zero-order valence-electron chi connectivity index (χ0n) is 14.5. The molecule has 0 heterocycles. The third-order valence-corrected chi connectivity index (χ3v) is 5.48. The summed E-state index contributed by atoms with van der Waals surface area (Å²) in [6, 6.07) is 7.08. The minimum atomic E-state index is 0. The van der Waals surface area contributed by atoms with E-state index in [1.807, 2.05) is 0 Å². The Kier molecular flexibility index (Phi) is 6.80. The Labute approximate surface area is 133 Å². The second-order valence-electron chi connectivity index (χ2n) is 7.22. The van der Waals surface area contributed by atoms with Crippen LogP contribution in [0.1, 0.15) is 83.8 Å². The van der Waals surface area contributed by atoms with Gasteiger partial charge in [-0.2, -0.15) is 0 Å². The van der Waals surface area contributed by atoms with Crippen LogP contribution in [0.5, 0.6) is 0 Å². The van der Waals surface area contributed by atoms with E-state index in [-0.39, 0.29) is 1.43 Å². The van der Waals surface area contributed by atoms with Crippen LogP contribution in [0, 0.1) is 11.8 Å². The summed E-state index contributed by atoms with van der Waals surface area (Å²) in [6.45, 7) is 6.91. The van der Waals surface area contributed by atoms with Crippen molar-refractivity contribution >= 4 is 0 Å². The van der Waals surface area contributed by atoms with E-state index in [0.29, 0.717) is 0 Å². The van der Waals surface area contributed by atoms with E-state index in [2.05, 4.69) is 39.0 Å². The zero-order valence-corrected chi connectivity index (χ0v) is 14.5. The summed E-state index contributed by atoms with van der Waals surface area (Å²) in [6.07, 6.45) is 14.0. The van der Waals surface area contributed by atoms with E-state index in [4.69, 9.17) is 0 Å². The molecule has 0 N–H and O–H groups in total. The molecule has 120 valence electrons. The van der Waals surface area contributed by atoms with Gasteiger partial charge in [0.25, 0.3) is 0 Å². The third kappa shape index (κ3) is 5.16. The Morgan fingerprint density at radius 1 is 1.00 bits per heavy atom. The number of rotatable bonds is 2. The van der Waals surface area contributed by atoms with Crippen molar-refractivity contribution in [2.75, 3.05) is 0 Å². The van der Waals surface area contributed by atoms with Crippen molar-refractivity contribution in [1.29, 1.82) is 0 Å². The number of hydrogen-bond donors (Lipinski definition) is 0. The molecular formula is C21H36. The molecule has 0 saturated heterocycles. The maximum Gasteiger partial charge on any atom is 0 e. The van der Waals surface area contributed by atoms with Crippen molar-refractivity contribution in [3.63, 3.8) is 0 Å².